The molecule has 0 bridgehead atoms. The number of hydrogen-bond acceptors (Lipinski definition) is 5. The highest BCUT2D eigenvalue weighted by atomic mass is 32.1. The molecule has 0 fully saturated rings. The predicted octanol–water partition coefficient (Wildman–Crippen LogP) is 2.63. The molecular weight excluding hydrogens is 298 g/mol. The summed E-state index contributed by atoms with van der Waals surface area (Å²) in [6, 6.07) is 4.19. The van der Waals surface area contributed by atoms with E-state index in [9.17, 15) is 4.79 Å². The van der Waals surface area contributed by atoms with Crippen molar-refractivity contribution in [3.8, 4) is 0 Å². The first kappa shape index (κ1) is 15.2. The number of carbonyl (C=O) groups is 1. The maximum atomic E-state index is 12.4. The highest BCUT2D eigenvalue weighted by molar-refractivity contribution is 7.09. The Bertz CT molecular complexity index is 636. The Kier molecular flexibility index (Phi) is 4.59. The second kappa shape index (κ2) is 6.62. The van der Waals surface area contributed by atoms with Gasteiger partial charge in [0, 0.05) is 31.1 Å². The van der Waals surface area contributed by atoms with Crippen molar-refractivity contribution < 1.29 is 9.53 Å². The molecular formula is C16H21N3O2S. The summed E-state index contributed by atoms with van der Waals surface area (Å²) in [4.78, 5) is 20.5. The van der Waals surface area contributed by atoms with Gasteiger partial charge in [-0.2, -0.15) is 0 Å². The van der Waals surface area contributed by atoms with Crippen molar-refractivity contribution in [3.63, 3.8) is 0 Å². The molecule has 2 aromatic heterocycles. The number of nitrogens with zero attached hydrogens (tertiary/aromatic N) is 3. The van der Waals surface area contributed by atoms with Gasteiger partial charge in [0.25, 0.3) is 0 Å². The summed E-state index contributed by atoms with van der Waals surface area (Å²) in [6.07, 6.45) is 1.84. The second-order valence-corrected chi connectivity index (χ2v) is 6.45. The minimum absolute atomic E-state index is 0.144. The summed E-state index contributed by atoms with van der Waals surface area (Å²) < 4.78 is 7.36. The fourth-order valence-corrected chi connectivity index (χ4v) is 3.75. The summed E-state index contributed by atoms with van der Waals surface area (Å²) in [5.74, 6) is -0.388. The van der Waals surface area contributed by atoms with Gasteiger partial charge in [-0.25, -0.2) is 4.98 Å². The lowest BCUT2D eigenvalue weighted by atomic mass is 9.98. The zero-order valence-electron chi connectivity index (χ0n) is 13.0. The van der Waals surface area contributed by atoms with E-state index in [1.807, 2.05) is 13.3 Å². The first-order chi connectivity index (χ1) is 10.7. The smallest absolute Gasteiger partial charge is 0.316 e. The van der Waals surface area contributed by atoms with E-state index in [4.69, 9.17) is 4.74 Å². The summed E-state index contributed by atoms with van der Waals surface area (Å²) in [6.45, 7) is 7.49. The minimum atomic E-state index is -0.244. The molecule has 1 aliphatic rings. The van der Waals surface area contributed by atoms with Gasteiger partial charge in [0.1, 0.15) is 5.92 Å². The van der Waals surface area contributed by atoms with Crippen LogP contribution in [0.1, 0.15) is 36.0 Å². The fraction of sp³-hybridized carbons (Fsp3) is 0.500. The van der Waals surface area contributed by atoms with Gasteiger partial charge in [0.15, 0.2) is 0 Å². The van der Waals surface area contributed by atoms with Gasteiger partial charge < -0.3 is 9.30 Å². The third kappa shape index (κ3) is 2.94. The zero-order chi connectivity index (χ0) is 15.5. The van der Waals surface area contributed by atoms with Crippen LogP contribution in [0.4, 0.5) is 0 Å². The van der Waals surface area contributed by atoms with Gasteiger partial charge in [-0.3, -0.25) is 9.69 Å². The van der Waals surface area contributed by atoms with Crippen molar-refractivity contribution >= 4 is 17.3 Å². The Morgan fingerprint density at radius 1 is 1.50 bits per heavy atom. The maximum absolute atomic E-state index is 12.4. The highest BCUT2D eigenvalue weighted by Crippen LogP contribution is 2.30. The van der Waals surface area contributed by atoms with Crippen LogP contribution in [0.5, 0.6) is 0 Å². The van der Waals surface area contributed by atoms with Gasteiger partial charge in [-0.15, -0.1) is 11.3 Å². The van der Waals surface area contributed by atoms with Gasteiger partial charge in [-0.05, 0) is 25.3 Å². The third-order valence-corrected chi connectivity index (χ3v) is 4.83. The molecule has 2 aromatic rings. The molecule has 6 heteroatoms. The molecule has 118 valence electrons. The van der Waals surface area contributed by atoms with Crippen molar-refractivity contribution in [2.45, 2.75) is 39.4 Å². The van der Waals surface area contributed by atoms with Crippen molar-refractivity contribution in [1.82, 2.24) is 14.5 Å². The largest absolute Gasteiger partial charge is 0.465 e. The number of imidazole rings is 1. The number of fused-ring (bicyclic) bond motifs is 1. The number of ether oxygens (including phenoxy) is 1. The number of esters is 1. The Labute approximate surface area is 134 Å². The van der Waals surface area contributed by atoms with Crippen LogP contribution in [-0.2, 0) is 29.2 Å². The molecule has 1 aliphatic heterocycles. The second-order valence-electron chi connectivity index (χ2n) is 5.42. The lowest BCUT2D eigenvalue weighted by Crippen LogP contribution is -2.38. The van der Waals surface area contributed by atoms with Gasteiger partial charge in [0.05, 0.1) is 24.3 Å². The van der Waals surface area contributed by atoms with E-state index in [0.29, 0.717) is 13.2 Å². The molecule has 0 N–H and O–H groups in total. The number of aromatic nitrogens is 2. The number of aryl methyl sites for hydroxylation is 1. The molecule has 0 unspecified atom stereocenters. The summed E-state index contributed by atoms with van der Waals surface area (Å²) in [7, 11) is 0. The average Bonchev–Trinajstić information content (AvgIpc) is 3.15. The normalized spacial score (nSPS) is 18.2. The van der Waals surface area contributed by atoms with Crippen LogP contribution < -0.4 is 0 Å². The van der Waals surface area contributed by atoms with E-state index in [0.717, 1.165) is 31.0 Å². The summed E-state index contributed by atoms with van der Waals surface area (Å²) >= 11 is 1.74. The Morgan fingerprint density at radius 3 is 3.05 bits per heavy atom. The topological polar surface area (TPSA) is 47.4 Å². The molecule has 1 atom stereocenters. The minimum Gasteiger partial charge on any atom is -0.465 e. The molecule has 22 heavy (non-hydrogen) atoms. The van der Waals surface area contributed by atoms with E-state index in [1.165, 1.54) is 4.88 Å². The molecule has 3 heterocycles. The summed E-state index contributed by atoms with van der Waals surface area (Å²) in [5.41, 5.74) is 2.03. The van der Waals surface area contributed by atoms with E-state index in [-0.39, 0.29) is 11.9 Å². The first-order valence-electron chi connectivity index (χ1n) is 7.68. The van der Waals surface area contributed by atoms with E-state index < -0.39 is 0 Å². The van der Waals surface area contributed by atoms with Crippen LogP contribution in [0.3, 0.4) is 0 Å². The Morgan fingerprint density at radius 2 is 2.36 bits per heavy atom. The van der Waals surface area contributed by atoms with Crippen LogP contribution in [-0.4, -0.2) is 33.6 Å². The third-order valence-electron chi connectivity index (χ3n) is 3.97. The van der Waals surface area contributed by atoms with E-state index in [1.54, 1.807) is 11.3 Å². The maximum Gasteiger partial charge on any atom is 0.316 e. The number of thiophene rings is 1. The molecule has 0 aromatic carbocycles. The van der Waals surface area contributed by atoms with Gasteiger partial charge in [0.2, 0.25) is 0 Å². The fourth-order valence-electron chi connectivity index (χ4n) is 3.00. The molecule has 0 amide bonds. The van der Waals surface area contributed by atoms with Crippen molar-refractivity contribution in [1.29, 1.82) is 0 Å². The van der Waals surface area contributed by atoms with Crippen molar-refractivity contribution in [3.05, 3.63) is 40.1 Å². The molecule has 0 aliphatic carbocycles. The van der Waals surface area contributed by atoms with E-state index >= 15 is 0 Å². The zero-order valence-corrected chi connectivity index (χ0v) is 13.8. The quantitative estimate of drug-likeness (QED) is 0.795. The lowest BCUT2D eigenvalue weighted by molar-refractivity contribution is -0.146. The molecule has 5 nitrogen and oxygen atoms in total. The SMILES string of the molecule is CCOC(=O)[C@H]1CN(Cc2cccs2)Cc2ncn(CC)c21. The van der Waals surface area contributed by atoms with Crippen LogP contribution >= 0.6 is 11.3 Å². The van der Waals surface area contributed by atoms with Crippen molar-refractivity contribution in [2.75, 3.05) is 13.2 Å². The number of rotatable bonds is 5. The van der Waals surface area contributed by atoms with Gasteiger partial charge in [-0.1, -0.05) is 6.07 Å². The van der Waals surface area contributed by atoms with Gasteiger partial charge >= 0.3 is 5.97 Å². The van der Waals surface area contributed by atoms with Crippen molar-refractivity contribution in [2.24, 2.45) is 0 Å². The first-order valence-corrected chi connectivity index (χ1v) is 8.56. The summed E-state index contributed by atoms with van der Waals surface area (Å²) in [5, 5.41) is 2.08. The number of hydrogen-bond donors (Lipinski definition) is 0. The standard InChI is InChI=1S/C16H21N3O2S/c1-3-19-11-17-14-10-18(8-12-6-5-7-22-12)9-13(15(14)19)16(20)21-4-2/h5-7,11,13H,3-4,8-10H2,1-2H3/t13-/m0/s1. The molecule has 0 spiro atoms. The Balaban J connectivity index is 1.86. The van der Waals surface area contributed by atoms with Crippen LogP contribution in [0.2, 0.25) is 0 Å². The molecule has 0 radical (unpaired) electrons. The molecule has 0 saturated carbocycles. The van der Waals surface area contributed by atoms with E-state index in [2.05, 4.69) is 38.9 Å². The van der Waals surface area contributed by atoms with Crippen LogP contribution in [0.15, 0.2) is 23.8 Å². The average molecular weight is 319 g/mol. The lowest BCUT2D eigenvalue weighted by Gasteiger charge is -2.31. The molecule has 0 saturated heterocycles. The Hall–Kier alpha value is -1.66. The monoisotopic (exact) mass is 319 g/mol. The predicted molar refractivity (Wildman–Crippen MR) is 85.7 cm³/mol. The number of carbonyl (C=O) groups excluding carboxylic acids is 1. The van der Waals surface area contributed by atoms with Crippen LogP contribution in [0, 0.1) is 0 Å². The highest BCUT2D eigenvalue weighted by Gasteiger charge is 2.35. The van der Waals surface area contributed by atoms with Crippen LogP contribution in [0.25, 0.3) is 0 Å². The molecule has 3 rings (SSSR count).